The predicted octanol–water partition coefficient (Wildman–Crippen LogP) is 4.48. The fraction of sp³-hybridized carbons (Fsp3) is 0.353. The van der Waals surface area contributed by atoms with Crippen LogP contribution in [0.25, 0.3) is 22.8 Å². The van der Waals surface area contributed by atoms with Crippen LogP contribution in [0.2, 0.25) is 0 Å². The molecule has 0 bridgehead atoms. The van der Waals surface area contributed by atoms with E-state index < -0.39 is 17.6 Å². The van der Waals surface area contributed by atoms with Crippen molar-refractivity contribution in [3.05, 3.63) is 85.5 Å². The summed E-state index contributed by atoms with van der Waals surface area (Å²) in [5.74, 6) is 0. The molecule has 276 valence electrons. The van der Waals surface area contributed by atoms with Gasteiger partial charge in [-0.25, -0.2) is 0 Å². The van der Waals surface area contributed by atoms with Gasteiger partial charge in [-0.2, -0.15) is 10.5 Å². The van der Waals surface area contributed by atoms with Crippen LogP contribution in [0.5, 0.6) is 0 Å². The molecule has 0 aromatic carbocycles. The third kappa shape index (κ3) is 15.4. The molecule has 4 aromatic rings. The number of pyridine rings is 4. The van der Waals surface area contributed by atoms with Gasteiger partial charge in [-0.3, -0.25) is 19.9 Å². The molecule has 14 nitrogen and oxygen atoms in total. The van der Waals surface area contributed by atoms with Crippen LogP contribution in [-0.4, -0.2) is 87.4 Å². The molecule has 17 heteroatoms. The molecule has 0 amide bonds. The molecule has 0 aliphatic carbocycles. The van der Waals surface area contributed by atoms with E-state index in [2.05, 4.69) is 19.9 Å². The first-order chi connectivity index (χ1) is 24.3. The number of hydrogen-bond donors (Lipinski definition) is 2. The molecule has 4 rings (SSSR count). The Morgan fingerprint density at radius 2 is 0.765 bits per heavy atom. The van der Waals surface area contributed by atoms with Crippen LogP contribution in [0.15, 0.2) is 85.5 Å². The molecule has 0 spiro atoms. The first kappa shape index (κ1) is 46.9. The Hall–Kier alpha value is -4.11. The van der Waals surface area contributed by atoms with E-state index in [-0.39, 0.29) is 17.1 Å². The van der Waals surface area contributed by atoms with Crippen LogP contribution in [0.4, 0.5) is 0 Å². The van der Waals surface area contributed by atoms with E-state index in [1.807, 2.05) is 102 Å². The van der Waals surface area contributed by atoms with Crippen LogP contribution in [0, 0.1) is 23.0 Å². The van der Waals surface area contributed by atoms with Gasteiger partial charge in [0.1, 0.15) is 0 Å². The van der Waals surface area contributed by atoms with Crippen LogP contribution < -0.4 is 10.4 Å². The van der Waals surface area contributed by atoms with Crippen LogP contribution in [0.1, 0.15) is 41.5 Å². The van der Waals surface area contributed by atoms with Crippen molar-refractivity contribution < 1.29 is 53.8 Å². The summed E-state index contributed by atoms with van der Waals surface area (Å²) in [6.45, 7) is 14.9. The second-order valence-electron chi connectivity index (χ2n) is 9.20. The predicted molar refractivity (Wildman–Crippen MR) is 191 cm³/mol. The Morgan fingerprint density at radius 3 is 0.961 bits per heavy atom. The third-order valence-corrected chi connectivity index (χ3v) is 12.1. The molecule has 0 radical (unpaired) electrons. The number of nitrogens with zero attached hydrogens (tertiary/aromatic N) is 6. The van der Waals surface area contributed by atoms with E-state index in [1.165, 1.54) is 0 Å². The van der Waals surface area contributed by atoms with Crippen LogP contribution in [-0.2, 0) is 43.6 Å². The molecule has 4 heterocycles. The Bertz CT molecular complexity index is 1380. The fourth-order valence-corrected chi connectivity index (χ4v) is 9.17. The zero-order valence-corrected chi connectivity index (χ0v) is 32.8. The fourth-order valence-electron chi connectivity index (χ4n) is 4.37. The van der Waals surface area contributed by atoms with Gasteiger partial charge in [0.2, 0.25) is 0 Å². The van der Waals surface area contributed by atoms with Crippen molar-refractivity contribution in [3.8, 4) is 35.3 Å². The van der Waals surface area contributed by atoms with Crippen molar-refractivity contribution in [2.24, 2.45) is 0 Å². The van der Waals surface area contributed by atoms with Gasteiger partial charge < -0.3 is 36.8 Å². The first-order valence-electron chi connectivity index (χ1n) is 16.0. The largest absolute Gasteiger partial charge is 0.538 e. The summed E-state index contributed by atoms with van der Waals surface area (Å²) in [6.07, 6.45) is 8.56. The standard InChI is InChI=1S/2C16H22N2O3Si.2CHNO.Fe/c2*1-4-19-22(20-5-2,21-6-3)14-10-11-16(18-13-14)15-9-7-8-12-17-15;2*2-1-3;/h2*7-13H,4-6H2,1-3H3;2*3H;. The van der Waals surface area contributed by atoms with Crippen LogP contribution in [0.3, 0.4) is 0 Å². The number of aromatic nitrogens is 4. The molecule has 0 aliphatic heterocycles. The second kappa shape index (κ2) is 27.6. The zero-order chi connectivity index (χ0) is 37.1. The number of nitriles is 2. The van der Waals surface area contributed by atoms with Crippen molar-refractivity contribution in [1.82, 2.24) is 19.9 Å². The Kier molecular flexibility index (Phi) is 25.4. The number of hydrogen-bond acceptors (Lipinski definition) is 14. The summed E-state index contributed by atoms with van der Waals surface area (Å²) in [4.78, 5) is 17.6. The second-order valence-corrected chi connectivity index (χ2v) is 14.3. The van der Waals surface area contributed by atoms with E-state index in [1.54, 1.807) is 24.8 Å². The van der Waals surface area contributed by atoms with Gasteiger partial charge in [-0.05, 0) is 77.9 Å². The molecule has 0 unspecified atom stereocenters. The molecule has 0 saturated carbocycles. The Morgan fingerprint density at radius 1 is 0.490 bits per heavy atom. The zero-order valence-electron chi connectivity index (χ0n) is 29.7. The van der Waals surface area contributed by atoms with Gasteiger partial charge >= 0.3 is 17.6 Å². The maximum atomic E-state index is 6.88. The number of rotatable bonds is 16. The summed E-state index contributed by atoms with van der Waals surface area (Å²) >= 11 is 0. The molecule has 0 aliphatic rings. The molecular formula is C34H46FeN6O8Si2. The summed E-state index contributed by atoms with van der Waals surface area (Å²) in [5, 5.41) is 29.2. The average Bonchev–Trinajstić information content (AvgIpc) is 3.14. The number of aliphatic hydroxyl groups excluding tert-OH is 2. The van der Waals surface area contributed by atoms with Crippen molar-refractivity contribution >= 4 is 28.0 Å². The molecule has 4 aromatic heterocycles. The summed E-state index contributed by atoms with van der Waals surface area (Å²) < 4.78 is 35.3. The minimum atomic E-state index is -2.88. The van der Waals surface area contributed by atoms with Gasteiger partial charge in [-0.1, -0.05) is 24.3 Å². The van der Waals surface area contributed by atoms with Gasteiger partial charge in [0.05, 0.1) is 22.8 Å². The summed E-state index contributed by atoms with van der Waals surface area (Å²) in [5.41, 5.74) is 3.31. The minimum absolute atomic E-state index is 0. The third-order valence-electron chi connectivity index (χ3n) is 6.09. The van der Waals surface area contributed by atoms with E-state index in [4.69, 9.17) is 47.3 Å². The SMILES string of the molecule is CCO[Si](OCC)(OCC)c1ccc(-c2ccccn2)nc1.CCO[Si](OCC)(OCC)c1ccc(-c2ccccn2)nc1.N#CO.N#CO.[Fe]. The van der Waals surface area contributed by atoms with Crippen molar-refractivity contribution in [2.75, 3.05) is 39.6 Å². The van der Waals surface area contributed by atoms with E-state index in [0.717, 1.165) is 45.7 Å². The van der Waals surface area contributed by atoms with E-state index in [9.17, 15) is 0 Å². The number of aliphatic hydroxyl groups is 2. The van der Waals surface area contributed by atoms with Gasteiger partial charge in [0, 0.05) is 91.9 Å². The van der Waals surface area contributed by atoms with Crippen molar-refractivity contribution in [3.63, 3.8) is 0 Å². The Balaban J connectivity index is 0.000000835. The minimum Gasteiger partial charge on any atom is -0.443 e. The van der Waals surface area contributed by atoms with Gasteiger partial charge in [0.15, 0.2) is 0 Å². The normalized spacial score (nSPS) is 10.3. The van der Waals surface area contributed by atoms with Crippen LogP contribution >= 0.6 is 0 Å². The van der Waals surface area contributed by atoms with Crippen molar-refractivity contribution in [2.45, 2.75) is 41.5 Å². The maximum Gasteiger partial charge on any atom is 0.538 e. The Labute approximate surface area is 313 Å². The smallest absolute Gasteiger partial charge is 0.443 e. The first-order valence-corrected chi connectivity index (χ1v) is 19.4. The van der Waals surface area contributed by atoms with Gasteiger partial charge in [-0.15, -0.1) is 0 Å². The maximum absolute atomic E-state index is 6.88. The molecule has 2 N–H and O–H groups in total. The molecular weight excluding hydrogens is 732 g/mol. The summed E-state index contributed by atoms with van der Waals surface area (Å²) in [7, 11) is -5.76. The monoisotopic (exact) mass is 778 g/mol. The van der Waals surface area contributed by atoms with E-state index >= 15 is 0 Å². The quantitative estimate of drug-likeness (QED) is 0.119. The summed E-state index contributed by atoms with van der Waals surface area (Å²) in [6, 6.07) is 19.3. The molecule has 0 fully saturated rings. The van der Waals surface area contributed by atoms with Gasteiger partial charge in [0.25, 0.3) is 12.5 Å². The topological polar surface area (TPSA) is 195 Å². The molecule has 0 saturated heterocycles. The van der Waals surface area contributed by atoms with Crippen molar-refractivity contribution in [1.29, 1.82) is 10.5 Å². The molecule has 0 atom stereocenters. The molecule has 51 heavy (non-hydrogen) atoms. The van der Waals surface area contributed by atoms with E-state index in [0.29, 0.717) is 39.6 Å². The average molecular weight is 779 g/mol.